The summed E-state index contributed by atoms with van der Waals surface area (Å²) in [5.74, 6) is -0.137. The van der Waals surface area contributed by atoms with Crippen molar-refractivity contribution in [2.75, 3.05) is 14.2 Å². The van der Waals surface area contributed by atoms with Crippen LogP contribution in [0.3, 0.4) is 0 Å². The van der Waals surface area contributed by atoms with Crippen molar-refractivity contribution in [2.24, 2.45) is 0 Å². The molecule has 0 radical (unpaired) electrons. The van der Waals surface area contributed by atoms with Gasteiger partial charge in [-0.15, -0.1) is 0 Å². The van der Waals surface area contributed by atoms with Gasteiger partial charge in [-0.1, -0.05) is 6.58 Å². The van der Waals surface area contributed by atoms with E-state index in [0.717, 1.165) is 12.8 Å². The number of rotatable bonds is 4. The molecule has 0 aromatic rings. The summed E-state index contributed by atoms with van der Waals surface area (Å²) in [6.07, 6.45) is 3.04. The van der Waals surface area contributed by atoms with Gasteiger partial charge in [0.25, 0.3) is 0 Å². The van der Waals surface area contributed by atoms with E-state index < -0.39 is 0 Å². The minimum atomic E-state index is -0.137. The van der Waals surface area contributed by atoms with Gasteiger partial charge in [-0.25, -0.2) is 0 Å². The molecule has 0 aliphatic heterocycles. The molecule has 4 nitrogen and oxygen atoms in total. The third-order valence-corrected chi connectivity index (χ3v) is 2.59. The number of hydrogen-bond donors (Lipinski definition) is 1. The molecule has 0 aromatic carbocycles. The summed E-state index contributed by atoms with van der Waals surface area (Å²) in [7, 11) is 3.32. The number of hydrogen-bond acceptors (Lipinski definition) is 3. The molecule has 3 atom stereocenters. The highest BCUT2D eigenvalue weighted by molar-refractivity contribution is 5.87. The number of carbonyl (C=O) groups excluding carboxylic acids is 1. The predicted octanol–water partition coefficient (Wildman–Crippen LogP) is 0.481. The van der Waals surface area contributed by atoms with Crippen LogP contribution in [-0.4, -0.2) is 38.4 Å². The molecule has 4 heteroatoms. The fraction of sp³-hybridized carbons (Fsp3) is 0.700. The largest absolute Gasteiger partial charge is 0.379 e. The molecule has 1 amide bonds. The molecule has 1 saturated carbocycles. The lowest BCUT2D eigenvalue weighted by molar-refractivity contribution is -0.117. The maximum Gasteiger partial charge on any atom is 0.243 e. The SMILES string of the molecule is C=CC(=O)NC1C[C@H](OC)[C@H](OC)C1. The molecule has 1 N–H and O–H groups in total. The van der Waals surface area contributed by atoms with E-state index in [-0.39, 0.29) is 24.2 Å². The second-order valence-electron chi connectivity index (χ2n) is 3.43. The minimum absolute atomic E-state index is 0.0788. The normalized spacial score (nSPS) is 31.4. The zero-order valence-corrected chi connectivity index (χ0v) is 8.66. The van der Waals surface area contributed by atoms with Crippen molar-refractivity contribution in [3.63, 3.8) is 0 Å². The second kappa shape index (κ2) is 5.12. The van der Waals surface area contributed by atoms with Crippen molar-refractivity contribution in [3.05, 3.63) is 12.7 Å². The van der Waals surface area contributed by atoms with Crippen LogP contribution in [-0.2, 0) is 14.3 Å². The lowest BCUT2D eigenvalue weighted by Gasteiger charge is -2.14. The summed E-state index contributed by atoms with van der Waals surface area (Å²) in [5, 5.41) is 2.84. The molecular weight excluding hydrogens is 182 g/mol. The summed E-state index contributed by atoms with van der Waals surface area (Å²) in [6.45, 7) is 3.41. The highest BCUT2D eigenvalue weighted by Crippen LogP contribution is 2.24. The van der Waals surface area contributed by atoms with Crippen LogP contribution in [0.2, 0.25) is 0 Å². The lowest BCUT2D eigenvalue weighted by Crippen LogP contribution is -2.31. The first-order valence-corrected chi connectivity index (χ1v) is 4.69. The van der Waals surface area contributed by atoms with Gasteiger partial charge in [0, 0.05) is 20.3 Å². The van der Waals surface area contributed by atoms with E-state index in [9.17, 15) is 4.79 Å². The number of methoxy groups -OCH3 is 2. The van der Waals surface area contributed by atoms with Gasteiger partial charge in [-0.3, -0.25) is 4.79 Å². The predicted molar refractivity (Wildman–Crippen MR) is 53.0 cm³/mol. The van der Waals surface area contributed by atoms with E-state index in [1.807, 2.05) is 0 Å². The molecule has 0 saturated heterocycles. The summed E-state index contributed by atoms with van der Waals surface area (Å²) in [4.78, 5) is 11.0. The smallest absolute Gasteiger partial charge is 0.243 e. The molecule has 1 fully saturated rings. The molecule has 0 aromatic heterocycles. The first-order chi connectivity index (χ1) is 6.71. The van der Waals surface area contributed by atoms with E-state index in [4.69, 9.17) is 9.47 Å². The molecule has 1 aliphatic carbocycles. The van der Waals surface area contributed by atoms with Crippen molar-refractivity contribution in [2.45, 2.75) is 31.1 Å². The molecule has 0 spiro atoms. The Hall–Kier alpha value is -0.870. The Balaban J connectivity index is 2.44. The number of ether oxygens (including phenoxy) is 2. The maximum absolute atomic E-state index is 11.0. The fourth-order valence-corrected chi connectivity index (χ4v) is 1.83. The van der Waals surface area contributed by atoms with E-state index >= 15 is 0 Å². The average Bonchev–Trinajstić information content (AvgIpc) is 2.59. The van der Waals surface area contributed by atoms with Crippen molar-refractivity contribution >= 4 is 5.91 Å². The molecule has 80 valence electrons. The summed E-state index contributed by atoms with van der Waals surface area (Å²) in [6, 6.07) is 0.135. The molecule has 1 unspecified atom stereocenters. The highest BCUT2D eigenvalue weighted by atomic mass is 16.5. The number of carbonyl (C=O) groups is 1. The Morgan fingerprint density at radius 2 is 1.86 bits per heavy atom. The quantitative estimate of drug-likeness (QED) is 0.670. The Labute approximate surface area is 84.3 Å². The first-order valence-electron chi connectivity index (χ1n) is 4.69. The number of amides is 1. The third-order valence-electron chi connectivity index (χ3n) is 2.59. The zero-order chi connectivity index (χ0) is 10.6. The van der Waals surface area contributed by atoms with Crippen molar-refractivity contribution in [1.29, 1.82) is 0 Å². The van der Waals surface area contributed by atoms with Crippen LogP contribution in [0.5, 0.6) is 0 Å². The van der Waals surface area contributed by atoms with Crippen molar-refractivity contribution < 1.29 is 14.3 Å². The van der Waals surface area contributed by atoms with Gasteiger partial charge in [0.15, 0.2) is 0 Å². The average molecular weight is 199 g/mol. The lowest BCUT2D eigenvalue weighted by atomic mass is 10.2. The molecule has 14 heavy (non-hydrogen) atoms. The second-order valence-corrected chi connectivity index (χ2v) is 3.43. The Morgan fingerprint density at radius 3 is 2.21 bits per heavy atom. The minimum Gasteiger partial charge on any atom is -0.379 e. The maximum atomic E-state index is 11.0. The molecule has 0 heterocycles. The van der Waals surface area contributed by atoms with Gasteiger partial charge in [0.1, 0.15) is 0 Å². The molecular formula is C10H17NO3. The zero-order valence-electron chi connectivity index (χ0n) is 8.66. The van der Waals surface area contributed by atoms with Crippen LogP contribution in [0.4, 0.5) is 0 Å². The first kappa shape index (κ1) is 11.2. The Kier molecular flexibility index (Phi) is 4.10. The van der Waals surface area contributed by atoms with Gasteiger partial charge in [-0.05, 0) is 18.9 Å². The van der Waals surface area contributed by atoms with E-state index in [1.165, 1.54) is 6.08 Å². The van der Waals surface area contributed by atoms with Gasteiger partial charge < -0.3 is 14.8 Å². The van der Waals surface area contributed by atoms with Gasteiger partial charge in [0.2, 0.25) is 5.91 Å². The molecule has 1 aliphatic rings. The third kappa shape index (κ3) is 2.56. The van der Waals surface area contributed by atoms with Crippen LogP contribution < -0.4 is 5.32 Å². The van der Waals surface area contributed by atoms with Gasteiger partial charge in [0.05, 0.1) is 12.2 Å². The van der Waals surface area contributed by atoms with Crippen molar-refractivity contribution in [3.8, 4) is 0 Å². The van der Waals surface area contributed by atoms with Crippen LogP contribution in [0.15, 0.2) is 12.7 Å². The monoisotopic (exact) mass is 199 g/mol. The summed E-state index contributed by atoms with van der Waals surface area (Å²) < 4.78 is 10.5. The highest BCUT2D eigenvalue weighted by Gasteiger charge is 2.34. The van der Waals surface area contributed by atoms with E-state index in [2.05, 4.69) is 11.9 Å². The standard InChI is InChI=1S/C10H17NO3/c1-4-10(12)11-7-5-8(13-2)9(6-7)14-3/h4,7-9H,1,5-6H2,2-3H3,(H,11,12)/t7?,8-,9+. The van der Waals surface area contributed by atoms with Gasteiger partial charge >= 0.3 is 0 Å². The molecule has 1 rings (SSSR count). The Morgan fingerprint density at radius 1 is 1.36 bits per heavy atom. The van der Waals surface area contributed by atoms with E-state index in [1.54, 1.807) is 14.2 Å². The summed E-state index contributed by atoms with van der Waals surface area (Å²) in [5.41, 5.74) is 0. The van der Waals surface area contributed by atoms with Crippen molar-refractivity contribution in [1.82, 2.24) is 5.32 Å². The summed E-state index contributed by atoms with van der Waals surface area (Å²) >= 11 is 0. The van der Waals surface area contributed by atoms with Crippen LogP contribution in [0.1, 0.15) is 12.8 Å². The van der Waals surface area contributed by atoms with Crippen LogP contribution in [0.25, 0.3) is 0 Å². The molecule has 0 bridgehead atoms. The van der Waals surface area contributed by atoms with Crippen LogP contribution in [0, 0.1) is 0 Å². The fourth-order valence-electron chi connectivity index (χ4n) is 1.83. The van der Waals surface area contributed by atoms with E-state index in [0.29, 0.717) is 0 Å². The number of nitrogens with one attached hydrogen (secondary N) is 1. The van der Waals surface area contributed by atoms with Gasteiger partial charge in [-0.2, -0.15) is 0 Å². The topological polar surface area (TPSA) is 47.6 Å². The van der Waals surface area contributed by atoms with Crippen LogP contribution >= 0.6 is 0 Å². The Bertz CT molecular complexity index is 205.